The van der Waals surface area contributed by atoms with E-state index in [1.165, 1.54) is 11.8 Å². The lowest BCUT2D eigenvalue weighted by Crippen LogP contribution is -2.23. The monoisotopic (exact) mass is 436 g/mol. The largest absolute Gasteiger partial charge is 0.378 e. The molecule has 5 nitrogen and oxygen atoms in total. The Bertz CT molecular complexity index is 1130. The van der Waals surface area contributed by atoms with E-state index in [4.69, 9.17) is 11.6 Å². The van der Waals surface area contributed by atoms with Crippen LogP contribution in [-0.4, -0.2) is 41.7 Å². The first-order chi connectivity index (χ1) is 14.4. The number of thioether (sulfide) groups is 1. The Morgan fingerprint density at radius 2 is 1.73 bits per heavy atom. The van der Waals surface area contributed by atoms with Crippen LogP contribution >= 0.6 is 23.4 Å². The van der Waals surface area contributed by atoms with Crippen molar-refractivity contribution in [3.63, 3.8) is 0 Å². The Labute approximate surface area is 185 Å². The van der Waals surface area contributed by atoms with Crippen LogP contribution in [0.15, 0.2) is 76.8 Å². The summed E-state index contributed by atoms with van der Waals surface area (Å²) in [6, 6.07) is 19.5. The second-order valence-corrected chi connectivity index (χ2v) is 8.51. The number of likely N-dealkylation sites (N-methyl/N-ethyl adjacent to an activating group) is 1. The molecule has 7 heteroatoms. The number of rotatable bonds is 4. The number of halogens is 1. The van der Waals surface area contributed by atoms with E-state index in [0.717, 1.165) is 22.8 Å². The first-order valence-corrected chi connectivity index (χ1v) is 10.6. The molecule has 0 spiro atoms. The molecule has 0 saturated carbocycles. The number of benzene rings is 2. The predicted octanol–water partition coefficient (Wildman–Crippen LogP) is 5.43. The standard InChI is InChI=1S/C23H21ClN4OS/c1-26(2)18-10-12-19(13-11-18)28-14-4-5-20(28)15-21-22(29)27(3)23(30-21)25-17-8-6-16(24)7-9-17/h4-15H,1-3H3/b21-15-,25-23?. The highest BCUT2D eigenvalue weighted by molar-refractivity contribution is 8.18. The Morgan fingerprint density at radius 3 is 2.40 bits per heavy atom. The third kappa shape index (κ3) is 4.15. The van der Waals surface area contributed by atoms with Crippen LogP contribution in [0.4, 0.5) is 11.4 Å². The van der Waals surface area contributed by atoms with Crippen LogP contribution in [0.5, 0.6) is 0 Å². The maximum absolute atomic E-state index is 12.8. The van der Waals surface area contributed by atoms with Gasteiger partial charge in [0.1, 0.15) is 0 Å². The number of nitrogens with zero attached hydrogens (tertiary/aromatic N) is 4. The van der Waals surface area contributed by atoms with E-state index in [1.807, 2.05) is 50.6 Å². The summed E-state index contributed by atoms with van der Waals surface area (Å²) in [5, 5.41) is 1.30. The molecule has 0 bridgehead atoms. The van der Waals surface area contributed by atoms with E-state index in [9.17, 15) is 4.79 Å². The number of carbonyl (C=O) groups excluding carboxylic acids is 1. The van der Waals surface area contributed by atoms with Gasteiger partial charge in [0.25, 0.3) is 5.91 Å². The van der Waals surface area contributed by atoms with Gasteiger partial charge in [-0.3, -0.25) is 9.69 Å². The van der Waals surface area contributed by atoms with Crippen LogP contribution in [0.2, 0.25) is 5.02 Å². The molecule has 2 aromatic carbocycles. The van der Waals surface area contributed by atoms with Crippen molar-refractivity contribution in [1.82, 2.24) is 9.47 Å². The van der Waals surface area contributed by atoms with Crippen molar-refractivity contribution in [2.24, 2.45) is 4.99 Å². The second kappa shape index (κ2) is 8.42. The summed E-state index contributed by atoms with van der Waals surface area (Å²) in [4.78, 5) is 21.6. The van der Waals surface area contributed by atoms with E-state index in [0.29, 0.717) is 15.1 Å². The lowest BCUT2D eigenvalue weighted by Gasteiger charge is -2.13. The molecule has 0 atom stereocenters. The number of carbonyl (C=O) groups is 1. The molecule has 0 radical (unpaired) electrons. The second-order valence-electron chi connectivity index (χ2n) is 7.06. The van der Waals surface area contributed by atoms with E-state index < -0.39 is 0 Å². The van der Waals surface area contributed by atoms with Crippen molar-refractivity contribution in [2.45, 2.75) is 0 Å². The van der Waals surface area contributed by atoms with Gasteiger partial charge in [0.15, 0.2) is 5.17 Å². The number of aliphatic imine (C=N–C) groups is 1. The minimum absolute atomic E-state index is 0.0663. The van der Waals surface area contributed by atoms with Gasteiger partial charge in [0.2, 0.25) is 0 Å². The van der Waals surface area contributed by atoms with Gasteiger partial charge in [0, 0.05) is 49.4 Å². The van der Waals surface area contributed by atoms with Gasteiger partial charge in [-0.05, 0) is 78.5 Å². The van der Waals surface area contributed by atoms with Gasteiger partial charge in [-0.25, -0.2) is 4.99 Å². The molecular weight excluding hydrogens is 416 g/mol. The summed E-state index contributed by atoms with van der Waals surface area (Å²) < 4.78 is 2.06. The molecule has 0 N–H and O–H groups in total. The van der Waals surface area contributed by atoms with Gasteiger partial charge in [0.05, 0.1) is 10.6 Å². The van der Waals surface area contributed by atoms with Crippen molar-refractivity contribution >= 4 is 51.9 Å². The minimum atomic E-state index is -0.0663. The molecule has 0 aliphatic carbocycles. The number of hydrogen-bond donors (Lipinski definition) is 0. The fraction of sp³-hybridized carbons (Fsp3) is 0.130. The predicted molar refractivity (Wildman–Crippen MR) is 127 cm³/mol. The third-order valence-electron chi connectivity index (χ3n) is 4.76. The van der Waals surface area contributed by atoms with Gasteiger partial charge >= 0.3 is 0 Å². The molecule has 1 aromatic heterocycles. The molecule has 1 aliphatic heterocycles. The van der Waals surface area contributed by atoms with Crippen LogP contribution in [0.25, 0.3) is 11.8 Å². The summed E-state index contributed by atoms with van der Waals surface area (Å²) in [5.74, 6) is -0.0663. The first-order valence-electron chi connectivity index (χ1n) is 9.39. The summed E-state index contributed by atoms with van der Waals surface area (Å²) in [6.45, 7) is 0. The highest BCUT2D eigenvalue weighted by Gasteiger charge is 2.30. The molecule has 4 rings (SSSR count). The number of aromatic nitrogens is 1. The summed E-state index contributed by atoms with van der Waals surface area (Å²) in [5.41, 5.74) is 3.87. The molecule has 152 valence electrons. The zero-order valence-corrected chi connectivity index (χ0v) is 18.5. The van der Waals surface area contributed by atoms with Gasteiger partial charge in [-0.1, -0.05) is 11.6 Å². The normalized spacial score (nSPS) is 16.7. The zero-order chi connectivity index (χ0) is 21.3. The Balaban J connectivity index is 1.62. The average molecular weight is 437 g/mol. The Hall–Kier alpha value is -2.96. The first kappa shape index (κ1) is 20.3. The summed E-state index contributed by atoms with van der Waals surface area (Å²) in [6.07, 6.45) is 3.90. The summed E-state index contributed by atoms with van der Waals surface area (Å²) >= 11 is 7.31. The van der Waals surface area contributed by atoms with Crippen LogP contribution in [0.1, 0.15) is 5.69 Å². The lowest BCUT2D eigenvalue weighted by atomic mass is 10.2. The van der Waals surface area contributed by atoms with Crippen LogP contribution in [0, 0.1) is 0 Å². The van der Waals surface area contributed by atoms with E-state index in [-0.39, 0.29) is 5.91 Å². The van der Waals surface area contributed by atoms with E-state index >= 15 is 0 Å². The molecule has 1 aliphatic rings. The van der Waals surface area contributed by atoms with Crippen molar-refractivity contribution in [3.05, 3.63) is 82.5 Å². The number of amides is 1. The maximum Gasteiger partial charge on any atom is 0.266 e. The average Bonchev–Trinajstić information content (AvgIpc) is 3.30. The van der Waals surface area contributed by atoms with Crippen LogP contribution in [-0.2, 0) is 4.79 Å². The maximum atomic E-state index is 12.8. The van der Waals surface area contributed by atoms with Crippen molar-refractivity contribution in [2.75, 3.05) is 26.0 Å². The summed E-state index contributed by atoms with van der Waals surface area (Å²) in [7, 11) is 5.77. The highest BCUT2D eigenvalue weighted by atomic mass is 35.5. The zero-order valence-electron chi connectivity index (χ0n) is 16.9. The van der Waals surface area contributed by atoms with Gasteiger partial charge in [-0.15, -0.1) is 0 Å². The quantitative estimate of drug-likeness (QED) is 0.512. The van der Waals surface area contributed by atoms with Crippen molar-refractivity contribution in [1.29, 1.82) is 0 Å². The highest BCUT2D eigenvalue weighted by Crippen LogP contribution is 2.33. The molecule has 30 heavy (non-hydrogen) atoms. The molecular formula is C23H21ClN4OS. The fourth-order valence-electron chi connectivity index (χ4n) is 3.07. The fourth-order valence-corrected chi connectivity index (χ4v) is 4.17. The molecule has 1 saturated heterocycles. The third-order valence-corrected chi connectivity index (χ3v) is 6.07. The number of amidine groups is 1. The van der Waals surface area contributed by atoms with Gasteiger partial charge < -0.3 is 9.47 Å². The van der Waals surface area contributed by atoms with Crippen molar-refractivity contribution in [3.8, 4) is 5.69 Å². The molecule has 2 heterocycles. The minimum Gasteiger partial charge on any atom is -0.378 e. The van der Waals surface area contributed by atoms with Crippen molar-refractivity contribution < 1.29 is 4.79 Å². The number of hydrogen-bond acceptors (Lipinski definition) is 4. The Kier molecular flexibility index (Phi) is 5.70. The van der Waals surface area contributed by atoms with Crippen LogP contribution < -0.4 is 4.90 Å². The molecule has 3 aromatic rings. The Morgan fingerprint density at radius 1 is 1.03 bits per heavy atom. The SMILES string of the molecule is CN1C(=O)/C(=C/c2cccn2-c2ccc(N(C)C)cc2)SC1=Nc1ccc(Cl)cc1. The smallest absolute Gasteiger partial charge is 0.266 e. The van der Waals surface area contributed by atoms with Crippen LogP contribution in [0.3, 0.4) is 0 Å². The van der Waals surface area contributed by atoms with E-state index in [2.05, 4.69) is 38.7 Å². The van der Waals surface area contributed by atoms with E-state index in [1.54, 1.807) is 24.1 Å². The molecule has 0 unspecified atom stereocenters. The topological polar surface area (TPSA) is 40.8 Å². The molecule has 1 amide bonds. The van der Waals surface area contributed by atoms with Gasteiger partial charge in [-0.2, -0.15) is 0 Å². The molecule has 1 fully saturated rings. The number of anilines is 1. The lowest BCUT2D eigenvalue weighted by molar-refractivity contribution is -0.121.